The van der Waals surface area contributed by atoms with E-state index in [-0.39, 0.29) is 0 Å². The van der Waals surface area contributed by atoms with E-state index in [1.165, 1.54) is 0 Å². The predicted octanol–water partition coefficient (Wildman–Crippen LogP) is 3.87. The van der Waals surface area contributed by atoms with Crippen molar-refractivity contribution < 1.29 is 4.74 Å². The summed E-state index contributed by atoms with van der Waals surface area (Å²) < 4.78 is 6.54. The quantitative estimate of drug-likeness (QED) is 0.806. The number of halogens is 2. The van der Waals surface area contributed by atoms with Crippen molar-refractivity contribution in [3.05, 3.63) is 27.7 Å². The number of rotatable bonds is 6. The average Bonchev–Trinajstić information content (AvgIpc) is 2.20. The maximum atomic E-state index is 6.02. The van der Waals surface area contributed by atoms with E-state index in [1.807, 2.05) is 18.2 Å². The third-order valence-electron chi connectivity index (χ3n) is 2.03. The lowest BCUT2D eigenvalue weighted by Crippen LogP contribution is -2.24. The molecule has 1 aromatic rings. The Balaban J connectivity index is 2.27. The normalized spacial score (nSPS) is 10.8. The van der Waals surface area contributed by atoms with E-state index < -0.39 is 0 Å². The first-order valence-electron chi connectivity index (χ1n) is 5.41. The van der Waals surface area contributed by atoms with Crippen LogP contribution in [-0.2, 0) is 0 Å². The highest BCUT2D eigenvalue weighted by molar-refractivity contribution is 9.10. The minimum Gasteiger partial charge on any atom is -0.492 e. The van der Waals surface area contributed by atoms with Crippen LogP contribution >= 0.6 is 27.5 Å². The van der Waals surface area contributed by atoms with Crippen molar-refractivity contribution in [2.45, 2.75) is 26.3 Å². The van der Waals surface area contributed by atoms with E-state index in [1.54, 1.807) is 0 Å². The van der Waals surface area contributed by atoms with Crippen molar-refractivity contribution in [1.82, 2.24) is 5.32 Å². The molecule has 1 N–H and O–H groups in total. The number of nitrogens with one attached hydrogen (secondary N) is 1. The van der Waals surface area contributed by atoms with Crippen LogP contribution in [0.1, 0.15) is 20.3 Å². The molecule has 0 radical (unpaired) electrons. The van der Waals surface area contributed by atoms with E-state index in [9.17, 15) is 0 Å². The first-order chi connectivity index (χ1) is 7.59. The molecular weight excluding hydrogens is 289 g/mol. The molecule has 0 spiro atoms. The fraction of sp³-hybridized carbons (Fsp3) is 0.500. The molecule has 0 bridgehead atoms. The molecule has 16 heavy (non-hydrogen) atoms. The van der Waals surface area contributed by atoms with Crippen LogP contribution in [-0.4, -0.2) is 19.2 Å². The molecular formula is C12H17BrClNO. The Morgan fingerprint density at radius 1 is 1.44 bits per heavy atom. The van der Waals surface area contributed by atoms with Crippen molar-refractivity contribution >= 4 is 27.5 Å². The molecule has 0 saturated carbocycles. The monoisotopic (exact) mass is 305 g/mol. The van der Waals surface area contributed by atoms with Crippen molar-refractivity contribution in [3.63, 3.8) is 0 Å². The second kappa shape index (κ2) is 7.15. The summed E-state index contributed by atoms with van der Waals surface area (Å²) in [5.41, 5.74) is 0. The topological polar surface area (TPSA) is 21.3 Å². The third kappa shape index (κ3) is 5.19. The van der Waals surface area contributed by atoms with E-state index >= 15 is 0 Å². The summed E-state index contributed by atoms with van der Waals surface area (Å²) >= 11 is 9.38. The molecule has 0 aliphatic carbocycles. The third-order valence-corrected chi connectivity index (χ3v) is 2.81. The SMILES string of the molecule is CC(C)NCCCOc1ccc(Br)cc1Cl. The van der Waals surface area contributed by atoms with Crippen LogP contribution in [0.25, 0.3) is 0 Å². The molecule has 0 atom stereocenters. The minimum atomic E-state index is 0.524. The summed E-state index contributed by atoms with van der Waals surface area (Å²) in [6.45, 7) is 5.91. The van der Waals surface area contributed by atoms with Gasteiger partial charge in [0, 0.05) is 10.5 Å². The summed E-state index contributed by atoms with van der Waals surface area (Å²) in [5, 5.41) is 3.98. The zero-order valence-corrected chi connectivity index (χ0v) is 11.9. The zero-order chi connectivity index (χ0) is 12.0. The van der Waals surface area contributed by atoms with Crippen LogP contribution in [0, 0.1) is 0 Å². The molecule has 0 heterocycles. The zero-order valence-electron chi connectivity index (χ0n) is 9.59. The van der Waals surface area contributed by atoms with Gasteiger partial charge in [0.2, 0.25) is 0 Å². The summed E-state index contributed by atoms with van der Waals surface area (Å²) in [7, 11) is 0. The van der Waals surface area contributed by atoms with Gasteiger partial charge in [0.25, 0.3) is 0 Å². The molecule has 0 amide bonds. The van der Waals surface area contributed by atoms with Gasteiger partial charge in [0.1, 0.15) is 5.75 Å². The maximum absolute atomic E-state index is 6.02. The van der Waals surface area contributed by atoms with Gasteiger partial charge < -0.3 is 10.1 Å². The van der Waals surface area contributed by atoms with E-state index in [0.29, 0.717) is 17.7 Å². The van der Waals surface area contributed by atoms with E-state index in [0.717, 1.165) is 23.2 Å². The molecule has 0 unspecified atom stereocenters. The summed E-state index contributed by atoms with van der Waals surface area (Å²) in [4.78, 5) is 0. The van der Waals surface area contributed by atoms with Gasteiger partial charge in [0.15, 0.2) is 0 Å². The number of hydrogen-bond donors (Lipinski definition) is 1. The highest BCUT2D eigenvalue weighted by Gasteiger charge is 2.01. The molecule has 0 aliphatic heterocycles. The lowest BCUT2D eigenvalue weighted by atomic mass is 10.3. The van der Waals surface area contributed by atoms with Crippen LogP contribution in [0.15, 0.2) is 22.7 Å². The van der Waals surface area contributed by atoms with Gasteiger partial charge in [-0.25, -0.2) is 0 Å². The van der Waals surface area contributed by atoms with Crippen LogP contribution < -0.4 is 10.1 Å². The molecule has 0 aliphatic rings. The smallest absolute Gasteiger partial charge is 0.137 e. The molecule has 90 valence electrons. The van der Waals surface area contributed by atoms with Gasteiger partial charge in [-0.3, -0.25) is 0 Å². The molecule has 2 nitrogen and oxygen atoms in total. The lowest BCUT2D eigenvalue weighted by molar-refractivity contribution is 0.306. The van der Waals surface area contributed by atoms with Gasteiger partial charge >= 0.3 is 0 Å². The largest absolute Gasteiger partial charge is 0.492 e. The van der Waals surface area contributed by atoms with Crippen LogP contribution in [0.4, 0.5) is 0 Å². The second-order valence-corrected chi connectivity index (χ2v) is 5.21. The Bertz CT molecular complexity index is 331. The molecule has 0 fully saturated rings. The Kier molecular flexibility index (Phi) is 6.17. The molecule has 1 aromatic carbocycles. The fourth-order valence-electron chi connectivity index (χ4n) is 1.24. The highest BCUT2D eigenvalue weighted by atomic mass is 79.9. The minimum absolute atomic E-state index is 0.524. The Morgan fingerprint density at radius 2 is 2.19 bits per heavy atom. The number of hydrogen-bond acceptors (Lipinski definition) is 2. The Hall–Kier alpha value is -0.250. The van der Waals surface area contributed by atoms with Crippen LogP contribution in [0.3, 0.4) is 0 Å². The van der Waals surface area contributed by atoms with Gasteiger partial charge in [-0.15, -0.1) is 0 Å². The van der Waals surface area contributed by atoms with Gasteiger partial charge in [-0.2, -0.15) is 0 Å². The Labute approximate surface area is 110 Å². The van der Waals surface area contributed by atoms with Crippen molar-refractivity contribution in [2.75, 3.05) is 13.2 Å². The summed E-state index contributed by atoms with van der Waals surface area (Å²) in [5.74, 6) is 0.745. The van der Waals surface area contributed by atoms with E-state index in [2.05, 4.69) is 35.1 Å². The second-order valence-electron chi connectivity index (χ2n) is 3.89. The molecule has 0 aromatic heterocycles. The summed E-state index contributed by atoms with van der Waals surface area (Å²) in [6.07, 6.45) is 0.977. The molecule has 4 heteroatoms. The first-order valence-corrected chi connectivity index (χ1v) is 6.58. The fourth-order valence-corrected chi connectivity index (χ4v) is 1.97. The lowest BCUT2D eigenvalue weighted by Gasteiger charge is -2.10. The van der Waals surface area contributed by atoms with Gasteiger partial charge in [0.05, 0.1) is 11.6 Å². The molecule has 1 rings (SSSR count). The standard InChI is InChI=1S/C12H17BrClNO/c1-9(2)15-6-3-7-16-12-5-4-10(13)8-11(12)14/h4-5,8-9,15H,3,6-7H2,1-2H3. The highest BCUT2D eigenvalue weighted by Crippen LogP contribution is 2.27. The van der Waals surface area contributed by atoms with Crippen molar-refractivity contribution in [1.29, 1.82) is 0 Å². The summed E-state index contributed by atoms with van der Waals surface area (Å²) in [6, 6.07) is 6.16. The van der Waals surface area contributed by atoms with Crippen molar-refractivity contribution in [3.8, 4) is 5.75 Å². The van der Waals surface area contributed by atoms with Gasteiger partial charge in [-0.05, 0) is 31.2 Å². The first kappa shape index (κ1) is 13.8. The number of ether oxygens (including phenoxy) is 1. The predicted molar refractivity (Wildman–Crippen MR) is 72.4 cm³/mol. The Morgan fingerprint density at radius 3 is 2.81 bits per heavy atom. The van der Waals surface area contributed by atoms with Crippen molar-refractivity contribution in [2.24, 2.45) is 0 Å². The van der Waals surface area contributed by atoms with Gasteiger partial charge in [-0.1, -0.05) is 41.4 Å². The number of benzene rings is 1. The maximum Gasteiger partial charge on any atom is 0.137 e. The van der Waals surface area contributed by atoms with Crippen LogP contribution in [0.5, 0.6) is 5.75 Å². The average molecular weight is 307 g/mol. The van der Waals surface area contributed by atoms with E-state index in [4.69, 9.17) is 16.3 Å². The van der Waals surface area contributed by atoms with Crippen LogP contribution in [0.2, 0.25) is 5.02 Å². The molecule has 0 saturated heterocycles.